The molecule has 5 nitrogen and oxygen atoms in total. The number of carbonyl (C=O) groups excluding carboxylic acids is 1. The minimum atomic E-state index is -0.0434. The average molecular weight is 326 g/mol. The molecule has 1 heterocycles. The molecule has 0 saturated carbocycles. The standard InChI is InChI=1S/C19H22N2O3/c1-23-17-6-2-3-7-18(17)24-15-10-8-14(9-11-15)13-21-19(22)16-5-4-12-20-16/h2-3,6-11,16,20H,4-5,12-13H2,1H3,(H,21,22). The van der Waals surface area contributed by atoms with Gasteiger partial charge in [0.25, 0.3) is 0 Å². The summed E-state index contributed by atoms with van der Waals surface area (Å²) < 4.78 is 11.1. The van der Waals surface area contributed by atoms with E-state index in [0.717, 1.165) is 30.7 Å². The maximum atomic E-state index is 12.0. The van der Waals surface area contributed by atoms with Gasteiger partial charge in [0.1, 0.15) is 5.75 Å². The summed E-state index contributed by atoms with van der Waals surface area (Å²) in [6.07, 6.45) is 1.98. The van der Waals surface area contributed by atoms with Gasteiger partial charge in [-0.25, -0.2) is 0 Å². The van der Waals surface area contributed by atoms with Crippen molar-refractivity contribution in [2.24, 2.45) is 0 Å². The Hall–Kier alpha value is -2.53. The number of rotatable bonds is 6. The Morgan fingerprint density at radius 1 is 1.17 bits per heavy atom. The molecule has 0 aromatic heterocycles. The maximum absolute atomic E-state index is 12.0. The average Bonchev–Trinajstić information content (AvgIpc) is 3.16. The van der Waals surface area contributed by atoms with E-state index < -0.39 is 0 Å². The predicted octanol–water partition coefficient (Wildman–Crippen LogP) is 2.86. The minimum absolute atomic E-state index is 0.0434. The normalized spacial score (nSPS) is 16.6. The molecule has 2 N–H and O–H groups in total. The fraction of sp³-hybridized carbons (Fsp3) is 0.316. The lowest BCUT2D eigenvalue weighted by atomic mass is 10.2. The first-order chi connectivity index (χ1) is 11.8. The van der Waals surface area contributed by atoms with Crippen LogP contribution >= 0.6 is 0 Å². The lowest BCUT2D eigenvalue weighted by molar-refractivity contribution is -0.122. The molecular weight excluding hydrogens is 304 g/mol. The van der Waals surface area contributed by atoms with E-state index in [9.17, 15) is 4.79 Å². The molecule has 0 radical (unpaired) electrons. The highest BCUT2D eigenvalue weighted by Crippen LogP contribution is 2.30. The Bertz CT molecular complexity index is 679. The van der Waals surface area contributed by atoms with E-state index in [4.69, 9.17) is 9.47 Å². The Kier molecular flexibility index (Phi) is 5.33. The molecule has 3 rings (SSSR count). The van der Waals surface area contributed by atoms with E-state index in [2.05, 4.69) is 10.6 Å². The molecule has 2 aromatic carbocycles. The molecule has 1 unspecified atom stereocenters. The molecule has 0 spiro atoms. The summed E-state index contributed by atoms with van der Waals surface area (Å²) in [5, 5.41) is 6.16. The van der Waals surface area contributed by atoms with Crippen LogP contribution in [0.25, 0.3) is 0 Å². The zero-order valence-corrected chi connectivity index (χ0v) is 13.7. The van der Waals surface area contributed by atoms with Gasteiger partial charge >= 0.3 is 0 Å². The molecule has 5 heteroatoms. The summed E-state index contributed by atoms with van der Waals surface area (Å²) in [5.41, 5.74) is 1.04. The van der Waals surface area contributed by atoms with Crippen molar-refractivity contribution < 1.29 is 14.3 Å². The van der Waals surface area contributed by atoms with Gasteiger partial charge in [0, 0.05) is 6.54 Å². The third kappa shape index (κ3) is 4.06. The molecular formula is C19H22N2O3. The second-order valence-electron chi connectivity index (χ2n) is 5.76. The zero-order chi connectivity index (χ0) is 16.8. The first-order valence-corrected chi connectivity index (χ1v) is 8.17. The van der Waals surface area contributed by atoms with Crippen molar-refractivity contribution in [1.29, 1.82) is 0 Å². The molecule has 1 atom stereocenters. The van der Waals surface area contributed by atoms with Gasteiger partial charge < -0.3 is 20.1 Å². The molecule has 0 bridgehead atoms. The zero-order valence-electron chi connectivity index (χ0n) is 13.7. The number of para-hydroxylation sites is 2. The summed E-state index contributed by atoms with van der Waals surface area (Å²) >= 11 is 0. The van der Waals surface area contributed by atoms with Crippen LogP contribution in [0.1, 0.15) is 18.4 Å². The van der Waals surface area contributed by atoms with E-state index in [0.29, 0.717) is 18.0 Å². The van der Waals surface area contributed by atoms with Gasteiger partial charge in [-0.05, 0) is 49.2 Å². The summed E-state index contributed by atoms with van der Waals surface area (Å²) in [4.78, 5) is 12.0. The molecule has 1 amide bonds. The molecule has 24 heavy (non-hydrogen) atoms. The minimum Gasteiger partial charge on any atom is -0.493 e. The van der Waals surface area contributed by atoms with E-state index in [1.165, 1.54) is 0 Å². The van der Waals surface area contributed by atoms with Gasteiger partial charge in [-0.15, -0.1) is 0 Å². The van der Waals surface area contributed by atoms with Gasteiger partial charge in [0.05, 0.1) is 13.2 Å². The Morgan fingerprint density at radius 3 is 2.58 bits per heavy atom. The van der Waals surface area contributed by atoms with Crippen molar-refractivity contribution in [3.05, 3.63) is 54.1 Å². The fourth-order valence-corrected chi connectivity index (χ4v) is 2.73. The van der Waals surface area contributed by atoms with Crippen LogP contribution in [0.4, 0.5) is 0 Å². The van der Waals surface area contributed by atoms with Crippen LogP contribution in [0, 0.1) is 0 Å². The SMILES string of the molecule is COc1ccccc1Oc1ccc(CNC(=O)C2CCCN2)cc1. The summed E-state index contributed by atoms with van der Waals surface area (Å²) in [6, 6.07) is 15.2. The lowest BCUT2D eigenvalue weighted by Gasteiger charge is -2.12. The van der Waals surface area contributed by atoms with E-state index in [-0.39, 0.29) is 11.9 Å². The summed E-state index contributed by atoms with van der Waals surface area (Å²) in [6.45, 7) is 1.44. The Morgan fingerprint density at radius 2 is 1.92 bits per heavy atom. The van der Waals surface area contributed by atoms with E-state index in [1.807, 2.05) is 48.5 Å². The molecule has 1 fully saturated rings. The number of hydrogen-bond acceptors (Lipinski definition) is 4. The highest BCUT2D eigenvalue weighted by molar-refractivity contribution is 5.81. The van der Waals surface area contributed by atoms with Crippen LogP contribution in [-0.2, 0) is 11.3 Å². The summed E-state index contributed by atoms with van der Waals surface area (Å²) in [7, 11) is 1.62. The number of nitrogens with one attached hydrogen (secondary N) is 2. The van der Waals surface area contributed by atoms with Crippen molar-refractivity contribution in [2.45, 2.75) is 25.4 Å². The van der Waals surface area contributed by atoms with Crippen molar-refractivity contribution in [2.75, 3.05) is 13.7 Å². The monoisotopic (exact) mass is 326 g/mol. The largest absolute Gasteiger partial charge is 0.493 e. The molecule has 126 valence electrons. The van der Waals surface area contributed by atoms with Crippen molar-refractivity contribution >= 4 is 5.91 Å². The Labute approximate surface area is 142 Å². The molecule has 1 aliphatic rings. The first kappa shape index (κ1) is 16.3. The van der Waals surface area contributed by atoms with E-state index in [1.54, 1.807) is 7.11 Å². The summed E-state index contributed by atoms with van der Waals surface area (Å²) in [5.74, 6) is 2.17. The number of amides is 1. The van der Waals surface area contributed by atoms with Crippen molar-refractivity contribution in [1.82, 2.24) is 10.6 Å². The number of ether oxygens (including phenoxy) is 2. The van der Waals surface area contributed by atoms with Crippen LogP contribution in [0.5, 0.6) is 17.2 Å². The maximum Gasteiger partial charge on any atom is 0.237 e. The van der Waals surface area contributed by atoms with Crippen LogP contribution < -0.4 is 20.1 Å². The van der Waals surface area contributed by atoms with Crippen LogP contribution in [0.3, 0.4) is 0 Å². The van der Waals surface area contributed by atoms with Crippen LogP contribution in [0.15, 0.2) is 48.5 Å². The van der Waals surface area contributed by atoms with Crippen LogP contribution in [0.2, 0.25) is 0 Å². The molecule has 2 aromatic rings. The van der Waals surface area contributed by atoms with Gasteiger partial charge in [-0.3, -0.25) is 4.79 Å². The second-order valence-corrected chi connectivity index (χ2v) is 5.76. The highest BCUT2D eigenvalue weighted by Gasteiger charge is 2.21. The first-order valence-electron chi connectivity index (χ1n) is 8.17. The molecule has 1 saturated heterocycles. The lowest BCUT2D eigenvalue weighted by Crippen LogP contribution is -2.39. The van der Waals surface area contributed by atoms with Gasteiger partial charge in [0.2, 0.25) is 5.91 Å². The number of methoxy groups -OCH3 is 1. The highest BCUT2D eigenvalue weighted by atomic mass is 16.5. The quantitative estimate of drug-likeness (QED) is 0.857. The van der Waals surface area contributed by atoms with Gasteiger partial charge in [0.15, 0.2) is 11.5 Å². The Balaban J connectivity index is 1.56. The van der Waals surface area contributed by atoms with Gasteiger partial charge in [-0.1, -0.05) is 24.3 Å². The van der Waals surface area contributed by atoms with E-state index >= 15 is 0 Å². The third-order valence-electron chi connectivity index (χ3n) is 4.06. The number of carbonyl (C=O) groups is 1. The second kappa shape index (κ2) is 7.84. The number of benzene rings is 2. The fourth-order valence-electron chi connectivity index (χ4n) is 2.73. The molecule has 1 aliphatic heterocycles. The smallest absolute Gasteiger partial charge is 0.237 e. The predicted molar refractivity (Wildman–Crippen MR) is 92.4 cm³/mol. The van der Waals surface area contributed by atoms with Gasteiger partial charge in [-0.2, -0.15) is 0 Å². The van der Waals surface area contributed by atoms with Crippen molar-refractivity contribution in [3.8, 4) is 17.2 Å². The van der Waals surface area contributed by atoms with Crippen molar-refractivity contribution in [3.63, 3.8) is 0 Å². The topological polar surface area (TPSA) is 59.6 Å². The van der Waals surface area contributed by atoms with Crippen LogP contribution in [-0.4, -0.2) is 25.6 Å². The number of hydrogen-bond donors (Lipinski definition) is 2. The molecule has 0 aliphatic carbocycles. The third-order valence-corrected chi connectivity index (χ3v) is 4.06.